The summed E-state index contributed by atoms with van der Waals surface area (Å²) in [7, 11) is 0. The Bertz CT molecular complexity index is 540. The summed E-state index contributed by atoms with van der Waals surface area (Å²) in [5.41, 5.74) is 0. The first-order chi connectivity index (χ1) is 11.1. The second kappa shape index (κ2) is 7.53. The molecule has 0 unspecified atom stereocenters. The molecule has 2 rings (SSSR count). The summed E-state index contributed by atoms with van der Waals surface area (Å²) >= 11 is 8.22. The van der Waals surface area contributed by atoms with E-state index < -0.39 is 26.8 Å². The summed E-state index contributed by atoms with van der Waals surface area (Å²) < 4.78 is 8.69. The molecule has 0 N–H and O–H groups in total. The minimum absolute atomic E-state index is 0.186. The van der Waals surface area contributed by atoms with Crippen molar-refractivity contribution in [1.82, 2.24) is 4.90 Å². The van der Waals surface area contributed by atoms with Crippen LogP contribution in [0.1, 0.15) is 46.5 Å². The third-order valence-electron chi connectivity index (χ3n) is 4.06. The highest BCUT2D eigenvalue weighted by molar-refractivity contribution is 9.26. The molecule has 9 heteroatoms. The average Bonchev–Trinajstić information content (AvgIpc) is 2.77. The van der Waals surface area contributed by atoms with E-state index in [1.165, 1.54) is 16.7 Å². The first kappa shape index (κ1) is 20.0. The van der Waals surface area contributed by atoms with Gasteiger partial charge in [-0.2, -0.15) is 0 Å². The molecule has 0 spiro atoms. The summed E-state index contributed by atoms with van der Waals surface area (Å²) in [6.07, 6.45) is 3.06. The van der Waals surface area contributed by atoms with Crippen LogP contribution in [0.2, 0.25) is 0 Å². The Hall–Kier alpha value is -0.280. The molecule has 0 aliphatic carbocycles. The molecule has 2 aliphatic heterocycles. The van der Waals surface area contributed by atoms with Crippen LogP contribution < -0.4 is 0 Å². The van der Waals surface area contributed by atoms with Crippen LogP contribution in [0.15, 0.2) is 0 Å². The first-order valence-corrected chi connectivity index (χ1v) is 10.3. The molecule has 2 heterocycles. The van der Waals surface area contributed by atoms with Gasteiger partial charge < -0.3 is 14.4 Å². The van der Waals surface area contributed by atoms with Gasteiger partial charge in [0.25, 0.3) is 5.91 Å². The predicted molar refractivity (Wildman–Crippen MR) is 97.9 cm³/mol. The number of halogens is 2. The zero-order valence-electron chi connectivity index (χ0n) is 13.8. The van der Waals surface area contributed by atoms with E-state index in [1.807, 2.05) is 20.8 Å². The molecule has 2 fully saturated rings. The van der Waals surface area contributed by atoms with Gasteiger partial charge in [0.2, 0.25) is 6.79 Å². The molecule has 0 aromatic heterocycles. The monoisotopic (exact) mass is 485 g/mol. The number of amides is 1. The van der Waals surface area contributed by atoms with Gasteiger partial charge in [0.05, 0.1) is 0 Å². The van der Waals surface area contributed by atoms with Gasteiger partial charge in [0.1, 0.15) is 11.4 Å². The number of carbonyl (C=O) groups excluding carboxylic acids is 3. The van der Waals surface area contributed by atoms with Crippen LogP contribution in [-0.4, -0.2) is 48.9 Å². The van der Waals surface area contributed by atoms with Crippen LogP contribution in [-0.2, 0) is 23.9 Å². The Morgan fingerprint density at radius 2 is 1.92 bits per heavy atom. The fourth-order valence-corrected chi connectivity index (χ4v) is 5.69. The normalized spacial score (nSPS) is 26.5. The van der Waals surface area contributed by atoms with Crippen LogP contribution in [0.5, 0.6) is 0 Å². The van der Waals surface area contributed by atoms with E-state index in [1.54, 1.807) is 0 Å². The highest BCUT2D eigenvalue weighted by atomic mass is 79.9. The van der Waals surface area contributed by atoms with Crippen LogP contribution in [0.4, 0.5) is 0 Å². The number of rotatable bonds is 7. The zero-order valence-corrected chi connectivity index (χ0v) is 17.8. The van der Waals surface area contributed by atoms with Crippen molar-refractivity contribution in [2.24, 2.45) is 0 Å². The maximum absolute atomic E-state index is 12.4. The van der Waals surface area contributed by atoms with Gasteiger partial charge >= 0.3 is 11.9 Å². The molecular weight excluding hydrogens is 466 g/mol. The first-order valence-electron chi connectivity index (χ1n) is 7.83. The average molecular weight is 487 g/mol. The van der Waals surface area contributed by atoms with Crippen molar-refractivity contribution < 1.29 is 23.9 Å². The summed E-state index contributed by atoms with van der Waals surface area (Å²) in [5, 5.41) is -0.186. The van der Waals surface area contributed by atoms with Crippen molar-refractivity contribution >= 4 is 61.5 Å². The fraction of sp³-hybridized carbons (Fsp3) is 0.800. The van der Waals surface area contributed by atoms with Gasteiger partial charge in [-0.05, 0) is 20.3 Å². The number of unbranched alkanes of at least 4 members (excludes halogenated alkanes) is 2. The van der Waals surface area contributed by atoms with E-state index in [-0.39, 0.29) is 17.3 Å². The quantitative estimate of drug-likeness (QED) is 0.181. The van der Waals surface area contributed by atoms with E-state index in [4.69, 9.17) is 9.47 Å². The molecular formula is C15H21Br2NO5S. The number of fused-ring (bicyclic) bond motifs is 1. The second-order valence-electron chi connectivity index (χ2n) is 6.37. The Balaban J connectivity index is 1.86. The lowest BCUT2D eigenvalue weighted by Crippen LogP contribution is -2.68. The molecule has 2 saturated heterocycles. The third-order valence-corrected chi connectivity index (χ3v) is 7.85. The molecule has 0 aromatic rings. The Morgan fingerprint density at radius 1 is 1.25 bits per heavy atom. The third kappa shape index (κ3) is 3.77. The lowest BCUT2D eigenvalue weighted by atomic mass is 9.98. The number of alkyl halides is 2. The molecule has 136 valence electrons. The molecule has 2 aliphatic rings. The number of hydrogen-bond donors (Lipinski definition) is 0. The van der Waals surface area contributed by atoms with Crippen molar-refractivity contribution in [3.05, 3.63) is 0 Å². The molecule has 0 saturated carbocycles. The van der Waals surface area contributed by atoms with Gasteiger partial charge in [-0.1, -0.05) is 51.6 Å². The number of hydrogen-bond acceptors (Lipinski definition) is 6. The van der Waals surface area contributed by atoms with Gasteiger partial charge in [-0.3, -0.25) is 9.59 Å². The minimum Gasteiger partial charge on any atom is -0.428 e. The maximum Gasteiger partial charge on any atom is 0.333 e. The number of thioether (sulfide) groups is 1. The second-order valence-corrected chi connectivity index (χ2v) is 11.7. The van der Waals surface area contributed by atoms with Crippen LogP contribution in [0.3, 0.4) is 0 Å². The largest absolute Gasteiger partial charge is 0.428 e. The molecule has 1 amide bonds. The van der Waals surface area contributed by atoms with E-state index in [2.05, 4.69) is 31.9 Å². The fourth-order valence-electron chi connectivity index (χ4n) is 2.78. The van der Waals surface area contributed by atoms with Crippen molar-refractivity contribution in [3.8, 4) is 0 Å². The van der Waals surface area contributed by atoms with Crippen LogP contribution in [0.25, 0.3) is 0 Å². The minimum atomic E-state index is -0.831. The van der Waals surface area contributed by atoms with Crippen molar-refractivity contribution in [1.29, 1.82) is 0 Å². The van der Waals surface area contributed by atoms with E-state index in [0.29, 0.717) is 6.42 Å². The van der Waals surface area contributed by atoms with Gasteiger partial charge in [-0.25, -0.2) is 4.79 Å². The summed E-state index contributed by atoms with van der Waals surface area (Å²) in [5.74, 6) is -1.14. The number of nitrogens with zero attached hydrogens (tertiary/aromatic N) is 1. The molecule has 0 radical (unpaired) electrons. The molecule has 0 bridgehead atoms. The van der Waals surface area contributed by atoms with E-state index >= 15 is 0 Å². The van der Waals surface area contributed by atoms with Gasteiger partial charge in [0, 0.05) is 11.2 Å². The number of ether oxygens (including phenoxy) is 2. The SMILES string of the molecule is CCCCCC(=O)OCOC(=O)[C@@H]1N2C(=O)C(Br)(Br)[C@H]2SC1(C)C. The standard InChI is InChI=1S/C15H21Br2NO5S/c1-4-5-6-7-9(19)22-8-23-11(20)10-14(2,3)24-13-15(16,17)12(21)18(10)13/h10,13H,4-8H2,1-3H3/t10-,13+/m0/s1. The maximum atomic E-state index is 12.4. The summed E-state index contributed by atoms with van der Waals surface area (Å²) in [4.78, 5) is 37.7. The van der Waals surface area contributed by atoms with Crippen molar-refractivity contribution in [2.75, 3.05) is 6.79 Å². The molecule has 2 atom stereocenters. The number of esters is 2. The van der Waals surface area contributed by atoms with Crippen LogP contribution >= 0.6 is 43.6 Å². The van der Waals surface area contributed by atoms with Crippen molar-refractivity contribution in [3.63, 3.8) is 0 Å². The molecule has 24 heavy (non-hydrogen) atoms. The van der Waals surface area contributed by atoms with Gasteiger partial charge in [0.15, 0.2) is 3.23 Å². The number of β-lactam (4-membered cyclic amide) rings is 1. The van der Waals surface area contributed by atoms with Crippen LogP contribution in [0, 0.1) is 0 Å². The van der Waals surface area contributed by atoms with Gasteiger partial charge in [-0.15, -0.1) is 11.8 Å². The molecule has 0 aromatic carbocycles. The summed E-state index contributed by atoms with van der Waals surface area (Å²) in [6.45, 7) is 5.42. The molecule has 6 nitrogen and oxygen atoms in total. The van der Waals surface area contributed by atoms with E-state index in [9.17, 15) is 14.4 Å². The predicted octanol–water partition coefficient (Wildman–Crippen LogP) is 3.16. The lowest BCUT2D eigenvalue weighted by Gasteiger charge is -2.46. The lowest BCUT2D eigenvalue weighted by molar-refractivity contribution is -0.175. The zero-order chi connectivity index (χ0) is 18.1. The van der Waals surface area contributed by atoms with Crippen molar-refractivity contribution in [2.45, 2.75) is 65.9 Å². The Kier molecular flexibility index (Phi) is 6.29. The Labute approximate surface area is 162 Å². The van der Waals surface area contributed by atoms with E-state index in [0.717, 1.165) is 19.3 Å². The smallest absolute Gasteiger partial charge is 0.333 e. The highest BCUT2D eigenvalue weighted by Gasteiger charge is 2.70. The number of carbonyl (C=O) groups is 3. The topological polar surface area (TPSA) is 72.9 Å². The highest BCUT2D eigenvalue weighted by Crippen LogP contribution is 2.60. The Morgan fingerprint density at radius 3 is 2.54 bits per heavy atom. The summed E-state index contributed by atoms with van der Waals surface area (Å²) in [6, 6.07) is -0.706.